The van der Waals surface area contributed by atoms with Crippen LogP contribution in [-0.2, 0) is 0 Å². The highest BCUT2D eigenvalue weighted by molar-refractivity contribution is 9.10. The summed E-state index contributed by atoms with van der Waals surface area (Å²) in [5.41, 5.74) is 0.946. The van der Waals surface area contributed by atoms with Crippen LogP contribution in [0.4, 0.5) is 0 Å². The second kappa shape index (κ2) is 5.87. The van der Waals surface area contributed by atoms with Crippen LogP contribution < -0.4 is 0 Å². The van der Waals surface area contributed by atoms with Crippen LogP contribution in [-0.4, -0.2) is 15.0 Å². The molecule has 0 saturated carbocycles. The van der Waals surface area contributed by atoms with Gasteiger partial charge >= 0.3 is 0 Å². The van der Waals surface area contributed by atoms with Gasteiger partial charge in [0.25, 0.3) is 5.24 Å². The molecule has 0 aromatic carbocycles. The number of nitrogens with zero attached hydrogens (tertiary/aromatic N) is 2. The van der Waals surface area contributed by atoms with Crippen LogP contribution in [0.15, 0.2) is 40.0 Å². The molecule has 0 atom stereocenters. The number of carbonyl (C=O) groups is 1. The number of halogens is 3. The Morgan fingerprint density at radius 1 is 1.44 bits per heavy atom. The average Bonchev–Trinajstić information content (AvgIpc) is 2.66. The van der Waals surface area contributed by atoms with E-state index in [0.29, 0.717) is 15.3 Å². The lowest BCUT2D eigenvalue weighted by Gasteiger charge is -2.10. The number of hydrogen-bond acceptors (Lipinski definition) is 2. The molecule has 1 heterocycles. The van der Waals surface area contributed by atoms with Gasteiger partial charge in [-0.3, -0.25) is 4.79 Å². The van der Waals surface area contributed by atoms with Gasteiger partial charge in [-0.2, -0.15) is 5.10 Å². The fourth-order valence-corrected chi connectivity index (χ4v) is 2.35. The molecule has 1 aromatic rings. The molecule has 0 spiro atoms. The van der Waals surface area contributed by atoms with Crippen LogP contribution in [0, 0.1) is 0 Å². The van der Waals surface area contributed by atoms with Crippen molar-refractivity contribution >= 4 is 50.1 Å². The zero-order chi connectivity index (χ0) is 13.1. The summed E-state index contributed by atoms with van der Waals surface area (Å²) in [6.07, 6.45) is 9.36. The first-order valence-corrected chi connectivity index (χ1v) is 6.83. The molecule has 3 nitrogen and oxygen atoms in total. The number of aromatic nitrogens is 2. The number of carbonyl (C=O) groups excluding carboxylic acids is 1. The molecular formula is C12H9BrCl2N2O. The van der Waals surface area contributed by atoms with E-state index in [1.165, 1.54) is 4.68 Å². The summed E-state index contributed by atoms with van der Waals surface area (Å²) in [5.74, 6) is 0. The molecule has 0 unspecified atom stereocenters. The summed E-state index contributed by atoms with van der Waals surface area (Å²) < 4.78 is 1.99. The van der Waals surface area contributed by atoms with Gasteiger partial charge in [-0.25, -0.2) is 4.68 Å². The first kappa shape index (κ1) is 13.6. The highest BCUT2D eigenvalue weighted by Gasteiger charge is 2.17. The molecule has 0 bridgehead atoms. The third kappa shape index (κ3) is 2.94. The summed E-state index contributed by atoms with van der Waals surface area (Å²) >= 11 is 15.0. The highest BCUT2D eigenvalue weighted by atomic mass is 79.9. The van der Waals surface area contributed by atoms with Crippen molar-refractivity contribution in [3.8, 4) is 0 Å². The summed E-state index contributed by atoms with van der Waals surface area (Å²) in [5, 5.41) is 4.13. The molecule has 1 aliphatic rings. The van der Waals surface area contributed by atoms with E-state index < -0.39 is 5.24 Å². The zero-order valence-corrected chi connectivity index (χ0v) is 12.3. The molecule has 1 aliphatic carbocycles. The predicted octanol–water partition coefficient (Wildman–Crippen LogP) is 4.34. The maximum Gasteiger partial charge on any atom is 0.271 e. The Morgan fingerprint density at radius 3 is 2.94 bits per heavy atom. The summed E-state index contributed by atoms with van der Waals surface area (Å²) in [7, 11) is 0. The van der Waals surface area contributed by atoms with E-state index in [2.05, 4.69) is 21.0 Å². The fraction of sp³-hybridized carbons (Fsp3) is 0.167. The summed E-state index contributed by atoms with van der Waals surface area (Å²) in [4.78, 5) is 11.4. The minimum absolute atomic E-state index is 0.283. The van der Waals surface area contributed by atoms with Gasteiger partial charge in [0.1, 0.15) is 10.3 Å². The van der Waals surface area contributed by atoms with Gasteiger partial charge in [-0.15, -0.1) is 0 Å². The molecule has 0 aliphatic heterocycles. The van der Waals surface area contributed by atoms with Crippen molar-refractivity contribution in [2.45, 2.75) is 12.8 Å². The van der Waals surface area contributed by atoms with Crippen LogP contribution in [0.3, 0.4) is 0 Å². The molecular weight excluding hydrogens is 339 g/mol. The number of rotatable bonds is 2. The monoisotopic (exact) mass is 346 g/mol. The van der Waals surface area contributed by atoms with Crippen molar-refractivity contribution in [1.29, 1.82) is 0 Å². The van der Waals surface area contributed by atoms with Crippen molar-refractivity contribution in [2.24, 2.45) is 0 Å². The van der Waals surface area contributed by atoms with Gasteiger partial charge in [0, 0.05) is 6.07 Å². The van der Waals surface area contributed by atoms with Crippen molar-refractivity contribution in [3.63, 3.8) is 0 Å². The lowest BCUT2D eigenvalue weighted by molar-refractivity contribution is 0.107. The molecule has 0 amide bonds. The minimum atomic E-state index is -0.573. The lowest BCUT2D eigenvalue weighted by atomic mass is 10.2. The maximum absolute atomic E-state index is 11.4. The molecule has 0 N–H and O–H groups in total. The largest absolute Gasteiger partial charge is 0.274 e. The summed E-state index contributed by atoms with van der Waals surface area (Å²) in [6, 6.07) is 1.56. The second-order valence-electron chi connectivity index (χ2n) is 3.65. The van der Waals surface area contributed by atoms with E-state index in [-0.39, 0.29) is 5.69 Å². The van der Waals surface area contributed by atoms with E-state index >= 15 is 0 Å². The number of hydrogen-bond donors (Lipinski definition) is 0. The standard InChI is InChI=1S/C12H9BrCl2N2O/c13-11-7-10(12(15)18)17(16-11)9-6-4-2-1-3-5-8(9)14/h1,3,5-7H,2,4H2/b3-1+,8-5?,9-6?. The Balaban J connectivity index is 2.53. The smallest absolute Gasteiger partial charge is 0.271 e. The van der Waals surface area contributed by atoms with Gasteiger partial charge < -0.3 is 0 Å². The van der Waals surface area contributed by atoms with Crippen LogP contribution in [0.2, 0.25) is 0 Å². The van der Waals surface area contributed by atoms with Crippen LogP contribution in [0.5, 0.6) is 0 Å². The van der Waals surface area contributed by atoms with Crippen molar-refractivity contribution < 1.29 is 4.79 Å². The topological polar surface area (TPSA) is 34.9 Å². The van der Waals surface area contributed by atoms with Gasteiger partial charge in [0.15, 0.2) is 0 Å². The van der Waals surface area contributed by atoms with Crippen molar-refractivity contribution in [1.82, 2.24) is 9.78 Å². The summed E-state index contributed by atoms with van der Waals surface area (Å²) in [6.45, 7) is 0. The fourth-order valence-electron chi connectivity index (χ4n) is 1.61. The second-order valence-corrected chi connectivity index (χ2v) is 5.21. The van der Waals surface area contributed by atoms with E-state index in [1.807, 2.05) is 18.2 Å². The Hall–Kier alpha value is -0.840. The molecule has 0 saturated heterocycles. The van der Waals surface area contributed by atoms with Gasteiger partial charge in [0.05, 0.1) is 10.7 Å². The molecule has 1 aromatic heterocycles. The molecule has 18 heavy (non-hydrogen) atoms. The normalized spacial score (nSPS) is 17.5. The van der Waals surface area contributed by atoms with Crippen LogP contribution >= 0.6 is 39.1 Å². The first-order valence-electron chi connectivity index (χ1n) is 5.28. The Kier molecular flexibility index (Phi) is 4.43. The Morgan fingerprint density at radius 2 is 2.22 bits per heavy atom. The third-order valence-corrected chi connectivity index (χ3v) is 3.30. The SMILES string of the molecule is O=C(Cl)c1cc(Br)nn1C1=CCC/C=C/C=C1Cl. The van der Waals surface area contributed by atoms with Gasteiger partial charge in [-0.1, -0.05) is 29.8 Å². The predicted molar refractivity (Wildman–Crippen MR) is 76.7 cm³/mol. The van der Waals surface area contributed by atoms with Crippen LogP contribution in [0.1, 0.15) is 23.3 Å². The lowest BCUT2D eigenvalue weighted by Crippen LogP contribution is -2.07. The minimum Gasteiger partial charge on any atom is -0.274 e. The molecule has 0 radical (unpaired) electrons. The van der Waals surface area contributed by atoms with Gasteiger partial charge in [0.2, 0.25) is 0 Å². The maximum atomic E-state index is 11.4. The van der Waals surface area contributed by atoms with Crippen molar-refractivity contribution in [3.05, 3.63) is 45.7 Å². The van der Waals surface area contributed by atoms with E-state index in [1.54, 1.807) is 12.1 Å². The molecule has 0 fully saturated rings. The van der Waals surface area contributed by atoms with E-state index in [9.17, 15) is 4.79 Å². The first-order chi connectivity index (χ1) is 8.59. The van der Waals surface area contributed by atoms with E-state index in [0.717, 1.165) is 12.8 Å². The molecule has 94 valence electrons. The number of allylic oxidation sites excluding steroid dienone is 6. The third-order valence-electron chi connectivity index (χ3n) is 2.40. The highest BCUT2D eigenvalue weighted by Crippen LogP contribution is 2.26. The van der Waals surface area contributed by atoms with E-state index in [4.69, 9.17) is 23.2 Å². The van der Waals surface area contributed by atoms with Crippen molar-refractivity contribution in [2.75, 3.05) is 0 Å². The molecule has 6 heteroatoms. The Labute approximate surface area is 123 Å². The van der Waals surface area contributed by atoms with Crippen LogP contribution in [0.25, 0.3) is 5.70 Å². The quantitative estimate of drug-likeness (QED) is 0.746. The van der Waals surface area contributed by atoms with Gasteiger partial charge in [-0.05, 0) is 46.4 Å². The molecule has 2 rings (SSSR count). The Bertz CT molecular complexity index is 573. The zero-order valence-electron chi connectivity index (χ0n) is 9.24. The average molecular weight is 348 g/mol.